The third-order valence-corrected chi connectivity index (χ3v) is 3.60. The molecule has 2 heterocycles. The molecule has 0 aliphatic carbocycles. The second kappa shape index (κ2) is 9.04. The summed E-state index contributed by atoms with van der Waals surface area (Å²) in [6.45, 7) is 1.08. The minimum atomic E-state index is -0.833. The van der Waals surface area contributed by atoms with Gasteiger partial charge in [0.05, 0.1) is 11.4 Å². The molecule has 1 aromatic carbocycles. The van der Waals surface area contributed by atoms with Crippen LogP contribution < -0.4 is 11.5 Å². The zero-order valence-electron chi connectivity index (χ0n) is 15.2. The molecule has 0 bridgehead atoms. The van der Waals surface area contributed by atoms with E-state index in [1.54, 1.807) is 24.5 Å². The summed E-state index contributed by atoms with van der Waals surface area (Å²) >= 11 is 0. The summed E-state index contributed by atoms with van der Waals surface area (Å²) in [5, 5.41) is 22.2. The Bertz CT molecular complexity index is 921. The van der Waals surface area contributed by atoms with Gasteiger partial charge in [-0.25, -0.2) is 0 Å². The lowest BCUT2D eigenvalue weighted by Crippen LogP contribution is -2.11. The fourth-order valence-corrected chi connectivity index (χ4v) is 2.29. The van der Waals surface area contributed by atoms with Crippen molar-refractivity contribution in [3.63, 3.8) is 0 Å². The third kappa shape index (κ3) is 5.46. The Balaban J connectivity index is 0.000000640. The molecular formula is C20H20N6O2. The van der Waals surface area contributed by atoms with Crippen molar-refractivity contribution in [1.29, 1.82) is 10.8 Å². The van der Waals surface area contributed by atoms with Crippen molar-refractivity contribution in [2.24, 2.45) is 11.5 Å². The third-order valence-electron chi connectivity index (χ3n) is 3.60. The topological polar surface area (TPSA) is 163 Å². The van der Waals surface area contributed by atoms with Gasteiger partial charge in [-0.1, -0.05) is 18.2 Å². The first kappa shape index (κ1) is 20.2. The number of hydrogen-bond donors (Lipinski definition) is 5. The Kier molecular flexibility index (Phi) is 6.53. The molecule has 142 valence electrons. The van der Waals surface area contributed by atoms with Crippen molar-refractivity contribution in [1.82, 2.24) is 9.97 Å². The number of nitrogens with one attached hydrogen (secondary N) is 2. The summed E-state index contributed by atoms with van der Waals surface area (Å²) in [4.78, 5) is 17.7. The highest BCUT2D eigenvalue weighted by Crippen LogP contribution is 2.24. The summed E-state index contributed by atoms with van der Waals surface area (Å²) in [5.74, 6) is -0.838. The van der Waals surface area contributed by atoms with Gasteiger partial charge in [0.25, 0.3) is 5.97 Å². The predicted octanol–water partition coefficient (Wildman–Crippen LogP) is 2.47. The standard InChI is InChI=1S/C18H16N6.C2H4O2/c19-17(20)13-4-6-15(23-9-13)11-2-1-3-12(8-11)16-7-5-14(10-24-16)18(21)22;1-2(3)4/h1-10H,(H3,19,20)(H3,21,22);1H3,(H,3,4). The van der Waals surface area contributed by atoms with Crippen LogP contribution in [0.3, 0.4) is 0 Å². The summed E-state index contributed by atoms with van der Waals surface area (Å²) in [6, 6.07) is 15.1. The molecule has 0 spiro atoms. The van der Waals surface area contributed by atoms with E-state index < -0.39 is 5.97 Å². The van der Waals surface area contributed by atoms with Crippen LogP contribution in [-0.2, 0) is 4.79 Å². The minimum Gasteiger partial charge on any atom is -0.481 e. The molecule has 0 fully saturated rings. The Morgan fingerprint density at radius 1 is 0.857 bits per heavy atom. The molecule has 3 aromatic rings. The molecule has 8 heteroatoms. The number of hydrogen-bond acceptors (Lipinski definition) is 5. The lowest BCUT2D eigenvalue weighted by atomic mass is 10.0. The first-order valence-electron chi connectivity index (χ1n) is 8.19. The largest absolute Gasteiger partial charge is 0.481 e. The van der Waals surface area contributed by atoms with Gasteiger partial charge in [0.15, 0.2) is 0 Å². The Morgan fingerprint density at radius 3 is 1.54 bits per heavy atom. The SMILES string of the molecule is CC(=O)O.N=C(N)c1ccc(-c2cccc(-c3ccc(C(=N)N)cn3)c2)nc1. The lowest BCUT2D eigenvalue weighted by Gasteiger charge is -2.06. The summed E-state index contributed by atoms with van der Waals surface area (Å²) in [7, 11) is 0. The maximum Gasteiger partial charge on any atom is 0.300 e. The van der Waals surface area contributed by atoms with Crippen molar-refractivity contribution in [2.45, 2.75) is 6.92 Å². The van der Waals surface area contributed by atoms with Crippen molar-refractivity contribution < 1.29 is 9.90 Å². The van der Waals surface area contributed by atoms with Crippen LogP contribution in [-0.4, -0.2) is 32.7 Å². The van der Waals surface area contributed by atoms with Gasteiger partial charge >= 0.3 is 0 Å². The number of aliphatic carboxylic acids is 1. The first-order chi connectivity index (χ1) is 13.3. The number of carbonyl (C=O) groups is 1. The number of aromatic nitrogens is 2. The highest BCUT2D eigenvalue weighted by molar-refractivity contribution is 5.95. The monoisotopic (exact) mass is 376 g/mol. The number of nitrogens with two attached hydrogens (primary N) is 2. The number of carboxylic acid groups (broad SMARTS) is 1. The number of benzene rings is 1. The molecule has 8 nitrogen and oxygen atoms in total. The van der Waals surface area contributed by atoms with E-state index >= 15 is 0 Å². The molecule has 0 amide bonds. The van der Waals surface area contributed by atoms with Gasteiger partial charge in [-0.05, 0) is 30.3 Å². The highest BCUT2D eigenvalue weighted by Gasteiger charge is 2.05. The zero-order chi connectivity index (χ0) is 20.7. The van der Waals surface area contributed by atoms with Gasteiger partial charge in [0.1, 0.15) is 11.7 Å². The second-order valence-corrected chi connectivity index (χ2v) is 5.79. The van der Waals surface area contributed by atoms with Crippen molar-refractivity contribution >= 4 is 17.6 Å². The molecule has 0 aliphatic heterocycles. The Labute approximate surface area is 161 Å². The van der Waals surface area contributed by atoms with Gasteiger partial charge < -0.3 is 16.6 Å². The zero-order valence-corrected chi connectivity index (χ0v) is 15.2. The summed E-state index contributed by atoms with van der Waals surface area (Å²) < 4.78 is 0. The van der Waals surface area contributed by atoms with Crippen LogP contribution in [0.25, 0.3) is 22.5 Å². The molecular weight excluding hydrogens is 356 g/mol. The molecule has 0 saturated heterocycles. The van der Waals surface area contributed by atoms with Crippen molar-refractivity contribution in [3.8, 4) is 22.5 Å². The van der Waals surface area contributed by atoms with E-state index in [0.29, 0.717) is 11.1 Å². The molecule has 0 saturated carbocycles. The average Bonchev–Trinajstić information content (AvgIpc) is 2.68. The maximum atomic E-state index is 9.00. The number of carboxylic acids is 1. The fourth-order valence-electron chi connectivity index (χ4n) is 2.29. The second-order valence-electron chi connectivity index (χ2n) is 5.79. The van der Waals surface area contributed by atoms with Crippen LogP contribution in [0.4, 0.5) is 0 Å². The average molecular weight is 376 g/mol. The summed E-state index contributed by atoms with van der Waals surface area (Å²) in [5.41, 5.74) is 15.6. The van der Waals surface area contributed by atoms with Crippen molar-refractivity contribution in [2.75, 3.05) is 0 Å². The van der Waals surface area contributed by atoms with E-state index in [4.69, 9.17) is 32.2 Å². The van der Waals surface area contributed by atoms with Gasteiger partial charge in [0, 0.05) is 41.6 Å². The van der Waals surface area contributed by atoms with Gasteiger partial charge in [-0.2, -0.15) is 0 Å². The van der Waals surface area contributed by atoms with Crippen LogP contribution >= 0.6 is 0 Å². The number of nitrogen functional groups attached to an aromatic ring is 2. The quantitative estimate of drug-likeness (QED) is 0.347. The molecule has 0 aliphatic rings. The molecule has 7 N–H and O–H groups in total. The lowest BCUT2D eigenvalue weighted by molar-refractivity contribution is -0.134. The van der Waals surface area contributed by atoms with E-state index in [0.717, 1.165) is 29.4 Å². The van der Waals surface area contributed by atoms with Crippen LogP contribution in [0.2, 0.25) is 0 Å². The van der Waals surface area contributed by atoms with E-state index in [2.05, 4.69) is 9.97 Å². The van der Waals surface area contributed by atoms with E-state index in [1.165, 1.54) is 0 Å². The minimum absolute atomic E-state index is 0.00226. The molecule has 3 rings (SSSR count). The fraction of sp³-hybridized carbons (Fsp3) is 0.0500. The van der Waals surface area contributed by atoms with Gasteiger partial charge in [0.2, 0.25) is 0 Å². The number of pyridine rings is 2. The molecule has 2 aromatic heterocycles. The smallest absolute Gasteiger partial charge is 0.300 e. The highest BCUT2D eigenvalue weighted by atomic mass is 16.4. The summed E-state index contributed by atoms with van der Waals surface area (Å²) in [6.07, 6.45) is 3.18. The maximum absolute atomic E-state index is 9.00. The van der Waals surface area contributed by atoms with Gasteiger partial charge in [-0.15, -0.1) is 0 Å². The normalized spacial score (nSPS) is 9.75. The molecule has 28 heavy (non-hydrogen) atoms. The Hall–Kier alpha value is -4.07. The molecule has 0 unspecified atom stereocenters. The van der Waals surface area contributed by atoms with Crippen molar-refractivity contribution in [3.05, 3.63) is 72.1 Å². The predicted molar refractivity (Wildman–Crippen MR) is 108 cm³/mol. The van der Waals surface area contributed by atoms with E-state index in [1.807, 2.05) is 36.4 Å². The number of nitrogens with zero attached hydrogens (tertiary/aromatic N) is 2. The molecule has 0 radical (unpaired) electrons. The van der Waals surface area contributed by atoms with Gasteiger partial charge in [-0.3, -0.25) is 25.6 Å². The van der Waals surface area contributed by atoms with E-state index in [9.17, 15) is 0 Å². The first-order valence-corrected chi connectivity index (χ1v) is 8.19. The molecule has 0 atom stereocenters. The van der Waals surface area contributed by atoms with E-state index in [-0.39, 0.29) is 11.7 Å². The number of rotatable bonds is 4. The number of amidine groups is 2. The van der Waals surface area contributed by atoms with Crippen LogP contribution in [0.15, 0.2) is 60.9 Å². The van der Waals surface area contributed by atoms with Crippen LogP contribution in [0.5, 0.6) is 0 Å². The Morgan fingerprint density at radius 2 is 1.25 bits per heavy atom. The van der Waals surface area contributed by atoms with Crippen LogP contribution in [0, 0.1) is 10.8 Å². The van der Waals surface area contributed by atoms with Crippen LogP contribution in [0.1, 0.15) is 18.1 Å².